The maximum atomic E-state index is 12.5. The number of thioether (sulfide) groups is 1. The van der Waals surface area contributed by atoms with Crippen LogP contribution in [0.25, 0.3) is 11.0 Å². The first-order valence-electron chi connectivity index (χ1n) is 8.60. The highest BCUT2D eigenvalue weighted by Gasteiger charge is 2.18. The van der Waals surface area contributed by atoms with Crippen LogP contribution in [0, 0.1) is 0 Å². The zero-order chi connectivity index (χ0) is 17.5. The Kier molecular flexibility index (Phi) is 6.17. The monoisotopic (exact) mass is 356 g/mol. The fourth-order valence-corrected chi connectivity index (χ4v) is 3.37. The summed E-state index contributed by atoms with van der Waals surface area (Å²) in [7, 11) is 0. The van der Waals surface area contributed by atoms with Crippen molar-refractivity contribution in [3.8, 4) is 0 Å². The number of rotatable bonds is 9. The molecule has 2 heterocycles. The molecular formula is C19H24N4OS. The predicted molar refractivity (Wildman–Crippen MR) is 104 cm³/mol. The van der Waals surface area contributed by atoms with Gasteiger partial charge in [-0.05, 0) is 49.1 Å². The normalized spacial score (nSPS) is 12.4. The molecule has 0 radical (unpaired) electrons. The van der Waals surface area contributed by atoms with E-state index in [1.54, 1.807) is 11.8 Å². The van der Waals surface area contributed by atoms with E-state index in [1.807, 2.05) is 53.4 Å². The van der Waals surface area contributed by atoms with Crippen LogP contribution in [0.15, 0.2) is 48.8 Å². The largest absolute Gasteiger partial charge is 0.354 e. The van der Waals surface area contributed by atoms with Crippen LogP contribution in [0.4, 0.5) is 0 Å². The molecule has 0 aliphatic rings. The number of hydrogen-bond acceptors (Lipinski definition) is 3. The summed E-state index contributed by atoms with van der Waals surface area (Å²) in [6.45, 7) is 0.660. The van der Waals surface area contributed by atoms with E-state index in [1.165, 1.54) is 0 Å². The van der Waals surface area contributed by atoms with Gasteiger partial charge in [-0.25, -0.2) is 4.98 Å². The van der Waals surface area contributed by atoms with E-state index >= 15 is 0 Å². The number of aryl methyl sites for hydroxylation is 1. The molecule has 132 valence electrons. The maximum absolute atomic E-state index is 12.5. The second-order valence-electron chi connectivity index (χ2n) is 6.02. The molecule has 6 heteroatoms. The SMILES string of the molecule is CSCC[C@@H](C(=O)NCCCc1nc2ccccc2[nH]1)n1cccc1. The molecule has 1 aromatic carbocycles. The predicted octanol–water partition coefficient (Wildman–Crippen LogP) is 3.41. The minimum atomic E-state index is -0.131. The number of aromatic nitrogens is 3. The standard InChI is InChI=1S/C19H24N4OS/c1-25-14-10-17(23-12-4-5-13-23)19(24)20-11-6-9-18-21-15-7-2-3-8-16(15)22-18/h2-5,7-8,12-13,17H,6,9-11,14H2,1H3,(H,20,24)(H,21,22)/t17-/m0/s1. The number of amides is 1. The molecule has 0 saturated heterocycles. The second kappa shape index (κ2) is 8.76. The summed E-state index contributed by atoms with van der Waals surface area (Å²) in [6, 6.07) is 11.8. The van der Waals surface area contributed by atoms with Gasteiger partial charge in [0.15, 0.2) is 0 Å². The number of imidazole rings is 1. The minimum absolute atomic E-state index is 0.0925. The van der Waals surface area contributed by atoms with Crippen molar-refractivity contribution in [1.29, 1.82) is 0 Å². The number of nitrogens with zero attached hydrogens (tertiary/aromatic N) is 2. The van der Waals surface area contributed by atoms with Crippen LogP contribution in [-0.4, -0.2) is 39.0 Å². The van der Waals surface area contributed by atoms with Crippen molar-refractivity contribution in [2.24, 2.45) is 0 Å². The number of benzene rings is 1. The molecule has 0 fully saturated rings. The summed E-state index contributed by atoms with van der Waals surface area (Å²) >= 11 is 1.77. The van der Waals surface area contributed by atoms with Gasteiger partial charge >= 0.3 is 0 Å². The summed E-state index contributed by atoms with van der Waals surface area (Å²) in [5.74, 6) is 2.03. The Morgan fingerprint density at radius 2 is 2.08 bits per heavy atom. The molecule has 0 aliphatic carbocycles. The van der Waals surface area contributed by atoms with Crippen molar-refractivity contribution in [3.05, 3.63) is 54.6 Å². The van der Waals surface area contributed by atoms with Gasteiger partial charge < -0.3 is 14.9 Å². The average molecular weight is 356 g/mol. The minimum Gasteiger partial charge on any atom is -0.354 e. The van der Waals surface area contributed by atoms with Gasteiger partial charge in [-0.1, -0.05) is 12.1 Å². The van der Waals surface area contributed by atoms with E-state index in [9.17, 15) is 4.79 Å². The number of nitrogens with one attached hydrogen (secondary N) is 2. The zero-order valence-electron chi connectivity index (χ0n) is 14.4. The third-order valence-corrected chi connectivity index (χ3v) is 4.86. The lowest BCUT2D eigenvalue weighted by molar-refractivity contribution is -0.124. The number of carbonyl (C=O) groups excluding carboxylic acids is 1. The Morgan fingerprint density at radius 1 is 1.28 bits per heavy atom. The average Bonchev–Trinajstić information content (AvgIpc) is 3.28. The lowest BCUT2D eigenvalue weighted by atomic mass is 10.2. The third-order valence-electron chi connectivity index (χ3n) is 4.21. The van der Waals surface area contributed by atoms with Crippen molar-refractivity contribution in [2.45, 2.75) is 25.3 Å². The fourth-order valence-electron chi connectivity index (χ4n) is 2.91. The van der Waals surface area contributed by atoms with Crippen molar-refractivity contribution >= 4 is 28.7 Å². The number of hydrogen-bond donors (Lipinski definition) is 2. The van der Waals surface area contributed by atoms with Crippen LogP contribution in [0.5, 0.6) is 0 Å². The smallest absolute Gasteiger partial charge is 0.243 e. The first-order valence-corrected chi connectivity index (χ1v) is 10.00. The van der Waals surface area contributed by atoms with Crippen LogP contribution < -0.4 is 5.32 Å². The van der Waals surface area contributed by atoms with Crippen molar-refractivity contribution < 1.29 is 4.79 Å². The number of aromatic amines is 1. The quantitative estimate of drug-likeness (QED) is 0.578. The maximum Gasteiger partial charge on any atom is 0.243 e. The van der Waals surface area contributed by atoms with Gasteiger partial charge in [0.2, 0.25) is 5.91 Å². The Morgan fingerprint density at radius 3 is 2.84 bits per heavy atom. The first-order chi connectivity index (χ1) is 12.3. The molecule has 0 saturated carbocycles. The Labute approximate surface area is 152 Å². The van der Waals surface area contributed by atoms with Crippen LogP contribution in [0.1, 0.15) is 24.7 Å². The number of H-pyrrole nitrogens is 1. The lowest BCUT2D eigenvalue weighted by Crippen LogP contribution is -2.33. The summed E-state index contributed by atoms with van der Waals surface area (Å²) in [4.78, 5) is 20.4. The van der Waals surface area contributed by atoms with Crippen molar-refractivity contribution in [3.63, 3.8) is 0 Å². The summed E-state index contributed by atoms with van der Waals surface area (Å²) < 4.78 is 1.99. The van der Waals surface area contributed by atoms with Gasteiger partial charge in [-0.3, -0.25) is 4.79 Å². The number of fused-ring (bicyclic) bond motifs is 1. The molecule has 2 N–H and O–H groups in total. The van der Waals surface area contributed by atoms with Gasteiger partial charge in [-0.15, -0.1) is 0 Å². The van der Waals surface area contributed by atoms with Crippen molar-refractivity contribution in [2.75, 3.05) is 18.6 Å². The summed E-state index contributed by atoms with van der Waals surface area (Å²) in [5.41, 5.74) is 2.05. The Hall–Kier alpha value is -2.21. The molecule has 3 rings (SSSR count). The van der Waals surface area contributed by atoms with Gasteiger partial charge in [0, 0.05) is 25.4 Å². The van der Waals surface area contributed by atoms with Crippen LogP contribution in [0.3, 0.4) is 0 Å². The first kappa shape index (κ1) is 17.6. The summed E-state index contributed by atoms with van der Waals surface area (Å²) in [5, 5.41) is 3.07. The Balaban J connectivity index is 1.49. The third kappa shape index (κ3) is 4.66. The van der Waals surface area contributed by atoms with E-state index in [4.69, 9.17) is 0 Å². The molecule has 1 atom stereocenters. The lowest BCUT2D eigenvalue weighted by Gasteiger charge is -2.18. The zero-order valence-corrected chi connectivity index (χ0v) is 15.3. The molecule has 3 aromatic rings. The molecule has 0 bridgehead atoms. The van der Waals surface area contributed by atoms with Gasteiger partial charge in [0.1, 0.15) is 11.9 Å². The highest BCUT2D eigenvalue weighted by Crippen LogP contribution is 2.15. The van der Waals surface area contributed by atoms with E-state index in [-0.39, 0.29) is 11.9 Å². The molecule has 1 amide bonds. The van der Waals surface area contributed by atoms with Crippen LogP contribution in [0.2, 0.25) is 0 Å². The molecule has 5 nitrogen and oxygen atoms in total. The highest BCUT2D eigenvalue weighted by atomic mass is 32.2. The Bertz CT molecular complexity index is 764. The van der Waals surface area contributed by atoms with Gasteiger partial charge in [0.05, 0.1) is 11.0 Å². The number of para-hydroxylation sites is 2. The van der Waals surface area contributed by atoms with Crippen LogP contribution >= 0.6 is 11.8 Å². The molecule has 0 aliphatic heterocycles. The van der Waals surface area contributed by atoms with E-state index in [0.717, 1.165) is 41.9 Å². The van der Waals surface area contributed by atoms with Gasteiger partial charge in [-0.2, -0.15) is 11.8 Å². The topological polar surface area (TPSA) is 62.7 Å². The molecule has 25 heavy (non-hydrogen) atoms. The number of carbonyl (C=O) groups is 1. The molecular weight excluding hydrogens is 332 g/mol. The van der Waals surface area contributed by atoms with Crippen molar-refractivity contribution in [1.82, 2.24) is 19.9 Å². The highest BCUT2D eigenvalue weighted by molar-refractivity contribution is 7.98. The van der Waals surface area contributed by atoms with Gasteiger partial charge in [0.25, 0.3) is 0 Å². The second-order valence-corrected chi connectivity index (χ2v) is 7.01. The molecule has 2 aromatic heterocycles. The summed E-state index contributed by atoms with van der Waals surface area (Å²) in [6.07, 6.45) is 8.52. The van der Waals surface area contributed by atoms with E-state index in [0.29, 0.717) is 6.54 Å². The van der Waals surface area contributed by atoms with Crippen LogP contribution in [-0.2, 0) is 11.2 Å². The van der Waals surface area contributed by atoms with E-state index < -0.39 is 0 Å². The molecule has 0 unspecified atom stereocenters. The fraction of sp³-hybridized carbons (Fsp3) is 0.368. The van der Waals surface area contributed by atoms with E-state index in [2.05, 4.69) is 21.5 Å². The molecule has 0 spiro atoms.